The van der Waals surface area contributed by atoms with Gasteiger partial charge in [-0.15, -0.1) is 16.4 Å². The predicted octanol–water partition coefficient (Wildman–Crippen LogP) is 3.36. The summed E-state index contributed by atoms with van der Waals surface area (Å²) >= 11 is 1.41. The van der Waals surface area contributed by atoms with Crippen LogP contribution in [0.4, 0.5) is 0 Å². The highest BCUT2D eigenvalue weighted by Gasteiger charge is 2.15. The largest absolute Gasteiger partial charge is 0.496 e. The van der Waals surface area contributed by atoms with E-state index in [0.717, 1.165) is 15.1 Å². The van der Waals surface area contributed by atoms with Crippen LogP contribution in [0.3, 0.4) is 0 Å². The van der Waals surface area contributed by atoms with Crippen molar-refractivity contribution in [3.63, 3.8) is 0 Å². The van der Waals surface area contributed by atoms with Crippen LogP contribution in [-0.2, 0) is 22.7 Å². The zero-order valence-corrected chi connectivity index (χ0v) is 16.8. The van der Waals surface area contributed by atoms with Crippen molar-refractivity contribution in [2.45, 2.75) is 19.6 Å². The van der Waals surface area contributed by atoms with Gasteiger partial charge in [0.2, 0.25) is 0 Å². The first-order valence-electron chi connectivity index (χ1n) is 9.00. The van der Waals surface area contributed by atoms with E-state index in [9.17, 15) is 9.59 Å². The number of ether oxygens (including phenoxy) is 2. The molecule has 0 aliphatic heterocycles. The van der Waals surface area contributed by atoms with Gasteiger partial charge in [0, 0.05) is 11.6 Å². The molecule has 0 saturated carbocycles. The molecule has 3 heterocycles. The maximum absolute atomic E-state index is 12.0. The Balaban J connectivity index is 1.32. The Hall–Kier alpha value is -3.66. The standard InChI is InChI=1S/C20H17N3O6S/c1-26-16-6-3-2-5-14(16)15-11-13(29-22-15)12-27-18(24)8-9-23-20(25)28-19(21-23)17-7-4-10-30-17/h2-7,10-11H,8-9,12H2,1H3. The van der Waals surface area contributed by atoms with Gasteiger partial charge in [-0.05, 0) is 23.6 Å². The molecule has 0 radical (unpaired) electrons. The summed E-state index contributed by atoms with van der Waals surface area (Å²) in [5.74, 6) is 0.159. The van der Waals surface area contributed by atoms with Gasteiger partial charge < -0.3 is 18.4 Å². The van der Waals surface area contributed by atoms with Gasteiger partial charge in [-0.1, -0.05) is 23.4 Å². The molecule has 0 unspecified atom stereocenters. The summed E-state index contributed by atoms with van der Waals surface area (Å²) in [6, 6.07) is 12.7. The molecule has 4 rings (SSSR count). The summed E-state index contributed by atoms with van der Waals surface area (Å²) in [5.41, 5.74) is 1.35. The Bertz CT molecular complexity index is 1190. The number of rotatable bonds is 8. The van der Waals surface area contributed by atoms with Crippen molar-refractivity contribution in [2.75, 3.05) is 7.11 Å². The molecule has 0 fully saturated rings. The van der Waals surface area contributed by atoms with E-state index in [4.69, 9.17) is 18.4 Å². The van der Waals surface area contributed by atoms with Crippen molar-refractivity contribution in [1.82, 2.24) is 14.9 Å². The molecule has 3 aromatic heterocycles. The number of benzene rings is 1. The lowest BCUT2D eigenvalue weighted by Crippen LogP contribution is -2.18. The molecule has 30 heavy (non-hydrogen) atoms. The van der Waals surface area contributed by atoms with E-state index in [1.807, 2.05) is 35.7 Å². The highest BCUT2D eigenvalue weighted by atomic mass is 32.1. The number of nitrogens with zero attached hydrogens (tertiary/aromatic N) is 3. The van der Waals surface area contributed by atoms with Crippen LogP contribution in [0, 0.1) is 0 Å². The molecule has 0 spiro atoms. The fourth-order valence-corrected chi connectivity index (χ4v) is 3.38. The Labute approximate surface area is 174 Å². The maximum Gasteiger partial charge on any atom is 0.437 e. The SMILES string of the molecule is COc1ccccc1-c1cc(COC(=O)CCn2nc(-c3cccs3)oc2=O)on1. The van der Waals surface area contributed by atoms with Crippen molar-refractivity contribution in [1.29, 1.82) is 0 Å². The van der Waals surface area contributed by atoms with Gasteiger partial charge in [0.05, 0.1) is 25.0 Å². The normalized spacial score (nSPS) is 10.8. The number of thiophene rings is 1. The summed E-state index contributed by atoms with van der Waals surface area (Å²) < 4.78 is 21.9. The van der Waals surface area contributed by atoms with Gasteiger partial charge in [-0.25, -0.2) is 4.79 Å². The second kappa shape index (κ2) is 8.78. The highest BCUT2D eigenvalue weighted by molar-refractivity contribution is 7.13. The molecule has 0 saturated heterocycles. The molecular weight excluding hydrogens is 410 g/mol. The smallest absolute Gasteiger partial charge is 0.437 e. The number of hydrogen-bond donors (Lipinski definition) is 0. The topological polar surface area (TPSA) is 110 Å². The average Bonchev–Trinajstić information content (AvgIpc) is 3.51. The van der Waals surface area contributed by atoms with E-state index in [-0.39, 0.29) is 25.5 Å². The molecule has 0 bridgehead atoms. The lowest BCUT2D eigenvalue weighted by Gasteiger charge is -2.04. The molecule has 0 aliphatic rings. The third-order valence-electron chi connectivity index (χ3n) is 4.18. The second-order valence-corrected chi connectivity index (χ2v) is 7.11. The van der Waals surface area contributed by atoms with Crippen LogP contribution < -0.4 is 10.5 Å². The van der Waals surface area contributed by atoms with Gasteiger partial charge in [-0.2, -0.15) is 4.68 Å². The number of carbonyl (C=O) groups is 1. The fourth-order valence-electron chi connectivity index (χ4n) is 2.73. The molecule has 10 heteroatoms. The van der Waals surface area contributed by atoms with E-state index in [2.05, 4.69) is 10.3 Å². The number of carbonyl (C=O) groups excluding carboxylic acids is 1. The number of methoxy groups -OCH3 is 1. The second-order valence-electron chi connectivity index (χ2n) is 6.16. The van der Waals surface area contributed by atoms with Crippen molar-refractivity contribution in [2.24, 2.45) is 0 Å². The first-order chi connectivity index (χ1) is 14.6. The first-order valence-corrected chi connectivity index (χ1v) is 9.88. The molecule has 0 N–H and O–H groups in total. The summed E-state index contributed by atoms with van der Waals surface area (Å²) in [7, 11) is 1.57. The summed E-state index contributed by atoms with van der Waals surface area (Å²) in [6.07, 6.45) is -0.0379. The Morgan fingerprint density at radius 2 is 2.10 bits per heavy atom. The third kappa shape index (κ3) is 4.33. The number of para-hydroxylation sites is 1. The molecule has 0 amide bonds. The molecule has 1 aromatic carbocycles. The minimum absolute atomic E-state index is 0.0379. The van der Waals surface area contributed by atoms with Gasteiger partial charge in [0.1, 0.15) is 11.4 Å². The van der Waals surface area contributed by atoms with Crippen LogP contribution in [0.15, 0.2) is 61.6 Å². The lowest BCUT2D eigenvalue weighted by atomic mass is 10.1. The number of hydrogen-bond acceptors (Lipinski definition) is 9. The van der Waals surface area contributed by atoms with Gasteiger partial charge in [0.15, 0.2) is 12.4 Å². The monoisotopic (exact) mass is 427 g/mol. The predicted molar refractivity (Wildman–Crippen MR) is 107 cm³/mol. The van der Waals surface area contributed by atoms with E-state index < -0.39 is 11.7 Å². The van der Waals surface area contributed by atoms with Crippen molar-refractivity contribution in [3.8, 4) is 27.8 Å². The maximum atomic E-state index is 12.0. The molecule has 4 aromatic rings. The average molecular weight is 427 g/mol. The van der Waals surface area contributed by atoms with Crippen molar-refractivity contribution >= 4 is 17.3 Å². The van der Waals surface area contributed by atoms with Gasteiger partial charge >= 0.3 is 11.7 Å². The third-order valence-corrected chi connectivity index (χ3v) is 5.04. The minimum Gasteiger partial charge on any atom is -0.496 e. The molecule has 154 valence electrons. The zero-order valence-electron chi connectivity index (χ0n) is 15.9. The summed E-state index contributed by atoms with van der Waals surface area (Å²) in [6.45, 7) is -0.0233. The van der Waals surface area contributed by atoms with E-state index >= 15 is 0 Å². The van der Waals surface area contributed by atoms with E-state index in [0.29, 0.717) is 17.2 Å². The van der Waals surface area contributed by atoms with Crippen LogP contribution in [-0.4, -0.2) is 28.0 Å². The molecular formula is C20H17N3O6S. The first kappa shape index (κ1) is 19.6. The summed E-state index contributed by atoms with van der Waals surface area (Å²) in [5, 5.41) is 9.94. The van der Waals surface area contributed by atoms with E-state index in [1.165, 1.54) is 11.3 Å². The van der Waals surface area contributed by atoms with Crippen molar-refractivity contribution < 1.29 is 23.2 Å². The number of aryl methyl sites for hydroxylation is 1. The zero-order chi connectivity index (χ0) is 20.9. The Morgan fingerprint density at radius 1 is 1.23 bits per heavy atom. The Kier molecular flexibility index (Phi) is 5.75. The summed E-state index contributed by atoms with van der Waals surface area (Å²) in [4.78, 5) is 24.6. The highest BCUT2D eigenvalue weighted by Crippen LogP contribution is 2.29. The molecule has 0 atom stereocenters. The van der Waals surface area contributed by atoms with Gasteiger partial charge in [0.25, 0.3) is 5.89 Å². The van der Waals surface area contributed by atoms with Crippen LogP contribution in [0.5, 0.6) is 5.75 Å². The molecule has 9 nitrogen and oxygen atoms in total. The number of esters is 1. The van der Waals surface area contributed by atoms with Crippen LogP contribution in [0.25, 0.3) is 22.0 Å². The minimum atomic E-state index is -0.622. The van der Waals surface area contributed by atoms with Gasteiger partial charge in [-0.3, -0.25) is 4.79 Å². The number of aromatic nitrogens is 3. The van der Waals surface area contributed by atoms with Crippen LogP contribution in [0.2, 0.25) is 0 Å². The van der Waals surface area contributed by atoms with E-state index in [1.54, 1.807) is 19.2 Å². The quantitative estimate of drug-likeness (QED) is 0.394. The lowest BCUT2D eigenvalue weighted by molar-refractivity contribution is -0.145. The van der Waals surface area contributed by atoms with Crippen molar-refractivity contribution in [3.05, 3.63) is 64.2 Å². The van der Waals surface area contributed by atoms with Crippen LogP contribution in [0.1, 0.15) is 12.2 Å². The Morgan fingerprint density at radius 3 is 2.90 bits per heavy atom. The fraction of sp³-hybridized carbons (Fsp3) is 0.200. The van der Waals surface area contributed by atoms with Crippen LogP contribution >= 0.6 is 11.3 Å². The molecule has 0 aliphatic carbocycles.